The topological polar surface area (TPSA) is 64.0 Å². The first kappa shape index (κ1) is 14.0. The number of fused-ring (bicyclic) bond motifs is 1. The number of carbonyl (C=O) groups is 1. The van der Waals surface area contributed by atoms with Crippen molar-refractivity contribution in [1.29, 1.82) is 0 Å². The van der Waals surface area contributed by atoms with Gasteiger partial charge in [0.25, 0.3) is 5.56 Å². The minimum absolute atomic E-state index is 0.107. The molecule has 5 nitrogen and oxygen atoms in total. The number of pyridine rings is 2. The third-order valence-electron chi connectivity index (χ3n) is 3.40. The van der Waals surface area contributed by atoms with Crippen molar-refractivity contribution in [3.05, 3.63) is 71.3 Å². The molecule has 1 aromatic carbocycles. The SMILES string of the molecule is O=C(CCn1ccccc1=O)Nc1cccc2ncccc12. The van der Waals surface area contributed by atoms with Crippen LogP contribution in [0.5, 0.6) is 0 Å². The van der Waals surface area contributed by atoms with Crippen LogP contribution in [0.25, 0.3) is 10.9 Å². The fourth-order valence-corrected chi connectivity index (χ4v) is 2.29. The lowest BCUT2D eigenvalue weighted by molar-refractivity contribution is -0.116. The number of hydrogen-bond donors (Lipinski definition) is 1. The highest BCUT2D eigenvalue weighted by Crippen LogP contribution is 2.21. The summed E-state index contributed by atoms with van der Waals surface area (Å²) in [7, 11) is 0. The molecule has 22 heavy (non-hydrogen) atoms. The van der Waals surface area contributed by atoms with Crippen molar-refractivity contribution in [2.24, 2.45) is 0 Å². The molecule has 0 saturated carbocycles. The molecule has 0 fully saturated rings. The van der Waals surface area contributed by atoms with Crippen molar-refractivity contribution in [2.45, 2.75) is 13.0 Å². The number of hydrogen-bond acceptors (Lipinski definition) is 3. The van der Waals surface area contributed by atoms with Gasteiger partial charge in [-0.3, -0.25) is 14.6 Å². The summed E-state index contributed by atoms with van der Waals surface area (Å²) in [5.41, 5.74) is 1.46. The third-order valence-corrected chi connectivity index (χ3v) is 3.40. The van der Waals surface area contributed by atoms with E-state index in [-0.39, 0.29) is 17.9 Å². The van der Waals surface area contributed by atoms with Gasteiger partial charge in [-0.15, -0.1) is 0 Å². The number of aromatic nitrogens is 2. The first-order valence-corrected chi connectivity index (χ1v) is 7.03. The average molecular weight is 293 g/mol. The van der Waals surface area contributed by atoms with Crippen molar-refractivity contribution in [1.82, 2.24) is 9.55 Å². The second-order valence-electron chi connectivity index (χ2n) is 4.91. The van der Waals surface area contributed by atoms with Crippen LogP contribution in [-0.4, -0.2) is 15.5 Å². The van der Waals surface area contributed by atoms with Crippen molar-refractivity contribution < 1.29 is 4.79 Å². The van der Waals surface area contributed by atoms with Crippen LogP contribution in [0.1, 0.15) is 6.42 Å². The molecule has 0 aliphatic heterocycles. The van der Waals surface area contributed by atoms with Crippen LogP contribution in [0.3, 0.4) is 0 Å². The Labute approximate surface area is 127 Å². The highest BCUT2D eigenvalue weighted by molar-refractivity contribution is 6.00. The number of nitrogens with one attached hydrogen (secondary N) is 1. The zero-order valence-electron chi connectivity index (χ0n) is 11.9. The van der Waals surface area contributed by atoms with Crippen LogP contribution in [0.4, 0.5) is 5.69 Å². The van der Waals surface area contributed by atoms with Crippen molar-refractivity contribution in [2.75, 3.05) is 5.32 Å². The number of anilines is 1. The van der Waals surface area contributed by atoms with Crippen LogP contribution in [-0.2, 0) is 11.3 Å². The fourth-order valence-electron chi connectivity index (χ4n) is 2.29. The molecule has 2 aromatic heterocycles. The Morgan fingerprint density at radius 2 is 2.00 bits per heavy atom. The van der Waals surface area contributed by atoms with E-state index in [9.17, 15) is 9.59 Å². The summed E-state index contributed by atoms with van der Waals surface area (Å²) in [6.07, 6.45) is 3.63. The van der Waals surface area contributed by atoms with Gasteiger partial charge in [-0.05, 0) is 30.3 Å². The van der Waals surface area contributed by atoms with Gasteiger partial charge < -0.3 is 9.88 Å². The number of rotatable bonds is 4. The van der Waals surface area contributed by atoms with Gasteiger partial charge in [-0.25, -0.2) is 0 Å². The minimum atomic E-state index is -0.132. The van der Waals surface area contributed by atoms with Crippen LogP contribution in [0.2, 0.25) is 0 Å². The smallest absolute Gasteiger partial charge is 0.250 e. The molecule has 1 N–H and O–H groups in total. The predicted octanol–water partition coefficient (Wildman–Crippen LogP) is 2.43. The Balaban J connectivity index is 1.71. The maximum atomic E-state index is 12.1. The van der Waals surface area contributed by atoms with E-state index < -0.39 is 0 Å². The van der Waals surface area contributed by atoms with Gasteiger partial charge in [0.15, 0.2) is 0 Å². The average Bonchev–Trinajstić information content (AvgIpc) is 2.54. The summed E-state index contributed by atoms with van der Waals surface area (Å²) in [6, 6.07) is 14.3. The Bertz CT molecular complexity index is 865. The summed E-state index contributed by atoms with van der Waals surface area (Å²) >= 11 is 0. The first-order valence-electron chi connectivity index (χ1n) is 7.03. The Kier molecular flexibility index (Phi) is 3.96. The molecule has 0 bridgehead atoms. The van der Waals surface area contributed by atoms with E-state index in [1.165, 1.54) is 10.6 Å². The number of carbonyl (C=O) groups excluding carboxylic acids is 1. The van der Waals surface area contributed by atoms with Crippen LogP contribution < -0.4 is 10.9 Å². The summed E-state index contributed by atoms with van der Waals surface area (Å²) in [4.78, 5) is 27.9. The third kappa shape index (κ3) is 3.03. The molecule has 110 valence electrons. The van der Waals surface area contributed by atoms with Gasteiger partial charge in [0.2, 0.25) is 5.91 Å². The number of amides is 1. The Hall–Kier alpha value is -2.95. The largest absolute Gasteiger partial charge is 0.325 e. The molecule has 0 atom stereocenters. The summed E-state index contributed by atoms with van der Waals surface area (Å²) < 4.78 is 1.52. The van der Waals surface area contributed by atoms with E-state index >= 15 is 0 Å². The summed E-state index contributed by atoms with van der Waals surface area (Å²) in [6.45, 7) is 0.356. The molecule has 0 unspecified atom stereocenters. The molecule has 0 aliphatic carbocycles. The van der Waals surface area contributed by atoms with Crippen LogP contribution >= 0.6 is 0 Å². The van der Waals surface area contributed by atoms with E-state index in [1.54, 1.807) is 24.5 Å². The lowest BCUT2D eigenvalue weighted by Gasteiger charge is -2.09. The van der Waals surface area contributed by atoms with E-state index in [0.717, 1.165) is 16.6 Å². The lowest BCUT2D eigenvalue weighted by atomic mass is 10.2. The molecule has 1 amide bonds. The van der Waals surface area contributed by atoms with E-state index in [2.05, 4.69) is 10.3 Å². The van der Waals surface area contributed by atoms with E-state index in [1.807, 2.05) is 30.3 Å². The second-order valence-corrected chi connectivity index (χ2v) is 4.91. The van der Waals surface area contributed by atoms with Gasteiger partial charge in [-0.1, -0.05) is 12.1 Å². The van der Waals surface area contributed by atoms with Crippen molar-refractivity contribution in [3.63, 3.8) is 0 Å². The Morgan fingerprint density at radius 3 is 2.86 bits per heavy atom. The standard InChI is InChI=1S/C17H15N3O2/c21-16(9-12-20-11-2-1-8-17(20)22)19-15-7-3-6-14-13(15)5-4-10-18-14/h1-8,10-11H,9,12H2,(H,19,21). The Morgan fingerprint density at radius 1 is 1.09 bits per heavy atom. The number of aryl methyl sites for hydroxylation is 1. The lowest BCUT2D eigenvalue weighted by Crippen LogP contribution is -2.21. The zero-order chi connectivity index (χ0) is 15.4. The summed E-state index contributed by atoms with van der Waals surface area (Å²) in [5.74, 6) is -0.132. The van der Waals surface area contributed by atoms with Gasteiger partial charge in [-0.2, -0.15) is 0 Å². The molecule has 5 heteroatoms. The fraction of sp³-hybridized carbons (Fsp3) is 0.118. The van der Waals surface area contributed by atoms with Crippen LogP contribution in [0, 0.1) is 0 Å². The molecule has 3 rings (SSSR count). The van der Waals surface area contributed by atoms with Gasteiger partial charge in [0.1, 0.15) is 0 Å². The highest BCUT2D eigenvalue weighted by Gasteiger charge is 2.06. The molecule has 0 radical (unpaired) electrons. The number of nitrogens with zero attached hydrogens (tertiary/aromatic N) is 2. The first-order chi connectivity index (χ1) is 10.7. The maximum Gasteiger partial charge on any atom is 0.250 e. The normalized spacial score (nSPS) is 10.5. The molecule has 0 aliphatic rings. The second kappa shape index (κ2) is 6.22. The van der Waals surface area contributed by atoms with E-state index in [0.29, 0.717) is 6.54 Å². The van der Waals surface area contributed by atoms with Crippen molar-refractivity contribution in [3.8, 4) is 0 Å². The molecular weight excluding hydrogens is 278 g/mol. The monoisotopic (exact) mass is 293 g/mol. The van der Waals surface area contributed by atoms with Gasteiger partial charge in [0.05, 0.1) is 11.2 Å². The molecule has 3 aromatic rings. The quantitative estimate of drug-likeness (QED) is 0.803. The van der Waals surface area contributed by atoms with Crippen molar-refractivity contribution >= 4 is 22.5 Å². The molecule has 0 saturated heterocycles. The number of benzene rings is 1. The predicted molar refractivity (Wildman–Crippen MR) is 85.7 cm³/mol. The molecule has 0 spiro atoms. The highest BCUT2D eigenvalue weighted by atomic mass is 16.1. The van der Waals surface area contributed by atoms with Crippen LogP contribution in [0.15, 0.2) is 65.7 Å². The minimum Gasteiger partial charge on any atom is -0.325 e. The zero-order valence-corrected chi connectivity index (χ0v) is 11.9. The van der Waals surface area contributed by atoms with Gasteiger partial charge in [0, 0.05) is 36.8 Å². The summed E-state index contributed by atoms with van der Waals surface area (Å²) in [5, 5.41) is 3.78. The van der Waals surface area contributed by atoms with E-state index in [4.69, 9.17) is 0 Å². The maximum absolute atomic E-state index is 12.1. The molecule has 2 heterocycles. The van der Waals surface area contributed by atoms with Gasteiger partial charge >= 0.3 is 0 Å². The molecular formula is C17H15N3O2.